The number of nitrogens with one attached hydrogen (secondary N) is 1. The monoisotopic (exact) mass is 248 g/mol. The van der Waals surface area contributed by atoms with Crippen molar-refractivity contribution < 1.29 is 9.64 Å². The second kappa shape index (κ2) is 7.42. The highest BCUT2D eigenvalue weighted by molar-refractivity contribution is 5.26. The summed E-state index contributed by atoms with van der Waals surface area (Å²) in [6.45, 7) is 6.89. The summed E-state index contributed by atoms with van der Waals surface area (Å²) < 4.78 is 5.68. The summed E-state index contributed by atoms with van der Waals surface area (Å²) in [7, 11) is 0. The van der Waals surface area contributed by atoms with E-state index in [9.17, 15) is 0 Å². The molecule has 0 unspecified atom stereocenters. The van der Waals surface area contributed by atoms with Crippen LogP contribution in [0.15, 0.2) is 24.3 Å². The van der Waals surface area contributed by atoms with Gasteiger partial charge in [0.15, 0.2) is 0 Å². The summed E-state index contributed by atoms with van der Waals surface area (Å²) in [6.07, 6.45) is 6.55. The van der Waals surface area contributed by atoms with E-state index in [4.69, 9.17) is 4.74 Å². The van der Waals surface area contributed by atoms with E-state index >= 15 is 0 Å². The summed E-state index contributed by atoms with van der Waals surface area (Å²) in [5.74, 6) is 1.01. The summed E-state index contributed by atoms with van der Waals surface area (Å²) in [4.78, 5) is 1.74. The second-order valence-electron chi connectivity index (χ2n) is 5.33. The molecular weight excluding hydrogens is 222 g/mol. The van der Waals surface area contributed by atoms with Gasteiger partial charge in [-0.2, -0.15) is 0 Å². The Morgan fingerprint density at radius 1 is 1.06 bits per heavy atom. The van der Waals surface area contributed by atoms with E-state index in [0.717, 1.165) is 18.8 Å². The van der Waals surface area contributed by atoms with Crippen LogP contribution >= 0.6 is 0 Å². The molecule has 2 heteroatoms. The van der Waals surface area contributed by atoms with Crippen LogP contribution in [0.5, 0.6) is 5.75 Å². The highest BCUT2D eigenvalue weighted by Crippen LogP contribution is 2.12. The largest absolute Gasteiger partial charge is 0.494 e. The van der Waals surface area contributed by atoms with Crippen LogP contribution in [-0.2, 0) is 6.54 Å². The average molecular weight is 248 g/mol. The van der Waals surface area contributed by atoms with Crippen LogP contribution in [0.4, 0.5) is 0 Å². The minimum atomic E-state index is 0.840. The van der Waals surface area contributed by atoms with Gasteiger partial charge in [0.25, 0.3) is 0 Å². The molecule has 0 saturated carbocycles. The highest BCUT2D eigenvalue weighted by atomic mass is 16.5. The highest BCUT2D eigenvalue weighted by Gasteiger charge is 2.13. The second-order valence-corrected chi connectivity index (χ2v) is 5.33. The van der Waals surface area contributed by atoms with E-state index in [-0.39, 0.29) is 0 Å². The van der Waals surface area contributed by atoms with Gasteiger partial charge in [0.2, 0.25) is 0 Å². The fourth-order valence-electron chi connectivity index (χ4n) is 2.56. The molecule has 2 rings (SSSR count). The maximum Gasteiger partial charge on any atom is 0.119 e. The van der Waals surface area contributed by atoms with Crippen LogP contribution in [0.3, 0.4) is 0 Å². The van der Waals surface area contributed by atoms with Crippen LogP contribution in [0.1, 0.15) is 44.6 Å². The molecule has 0 atom stereocenters. The number of ether oxygens (including phenoxy) is 1. The molecule has 1 N–H and O–H groups in total. The Morgan fingerprint density at radius 2 is 1.78 bits per heavy atom. The SMILES string of the molecule is CCCCOc1ccc(C[NH+]2CCCCC2)cc1. The summed E-state index contributed by atoms with van der Waals surface area (Å²) >= 11 is 0. The van der Waals surface area contributed by atoms with Crippen LogP contribution in [0.25, 0.3) is 0 Å². The van der Waals surface area contributed by atoms with E-state index < -0.39 is 0 Å². The zero-order valence-corrected chi connectivity index (χ0v) is 11.6. The molecule has 0 amide bonds. The van der Waals surface area contributed by atoms with E-state index in [0.29, 0.717) is 0 Å². The van der Waals surface area contributed by atoms with Crippen molar-refractivity contribution in [2.75, 3.05) is 19.7 Å². The van der Waals surface area contributed by atoms with Gasteiger partial charge in [0.1, 0.15) is 12.3 Å². The van der Waals surface area contributed by atoms with Gasteiger partial charge in [-0.05, 0) is 49.9 Å². The lowest BCUT2D eigenvalue weighted by Crippen LogP contribution is -3.11. The van der Waals surface area contributed by atoms with Crippen LogP contribution in [0, 0.1) is 0 Å². The lowest BCUT2D eigenvalue weighted by Gasteiger charge is -2.23. The Kier molecular flexibility index (Phi) is 5.53. The Bertz CT molecular complexity index is 327. The summed E-state index contributed by atoms with van der Waals surface area (Å²) in [5.41, 5.74) is 1.44. The van der Waals surface area contributed by atoms with Crippen molar-refractivity contribution in [3.63, 3.8) is 0 Å². The molecule has 0 radical (unpaired) electrons. The number of hydrogen-bond donors (Lipinski definition) is 1. The zero-order chi connectivity index (χ0) is 12.6. The first-order valence-corrected chi connectivity index (χ1v) is 7.44. The number of rotatable bonds is 6. The molecule has 18 heavy (non-hydrogen) atoms. The van der Waals surface area contributed by atoms with Crippen LogP contribution in [-0.4, -0.2) is 19.7 Å². The number of quaternary nitrogens is 1. The van der Waals surface area contributed by atoms with Gasteiger partial charge in [-0.15, -0.1) is 0 Å². The maximum absolute atomic E-state index is 5.68. The van der Waals surface area contributed by atoms with Gasteiger partial charge in [-0.3, -0.25) is 0 Å². The fourth-order valence-corrected chi connectivity index (χ4v) is 2.56. The van der Waals surface area contributed by atoms with E-state index in [2.05, 4.69) is 31.2 Å². The number of unbranched alkanes of at least 4 members (excludes halogenated alkanes) is 1. The topological polar surface area (TPSA) is 13.7 Å². The fraction of sp³-hybridized carbons (Fsp3) is 0.625. The predicted molar refractivity (Wildman–Crippen MR) is 75.1 cm³/mol. The minimum absolute atomic E-state index is 0.840. The molecule has 0 spiro atoms. The first-order chi connectivity index (χ1) is 8.88. The Labute approximate surface area is 111 Å². The van der Waals surface area contributed by atoms with Crippen molar-refractivity contribution in [1.29, 1.82) is 0 Å². The van der Waals surface area contributed by atoms with E-state index in [1.807, 2.05) is 0 Å². The Balaban J connectivity index is 1.79. The number of likely N-dealkylation sites (tertiary alicyclic amines) is 1. The summed E-state index contributed by atoms with van der Waals surface area (Å²) in [6, 6.07) is 8.69. The number of hydrogen-bond acceptors (Lipinski definition) is 1. The van der Waals surface area contributed by atoms with Crippen molar-refractivity contribution in [3.8, 4) is 5.75 Å². The third kappa shape index (κ3) is 4.34. The van der Waals surface area contributed by atoms with Gasteiger partial charge in [0, 0.05) is 5.56 Å². The van der Waals surface area contributed by atoms with Gasteiger partial charge >= 0.3 is 0 Å². The zero-order valence-electron chi connectivity index (χ0n) is 11.6. The maximum atomic E-state index is 5.68. The molecule has 1 aliphatic rings. The standard InChI is InChI=1S/C16H25NO/c1-2-3-13-18-16-9-7-15(8-10-16)14-17-11-5-4-6-12-17/h7-10H,2-6,11-14H2,1H3/p+1. The lowest BCUT2D eigenvalue weighted by atomic mass is 10.1. The average Bonchev–Trinajstić information content (AvgIpc) is 2.42. The molecule has 1 aromatic rings. The van der Waals surface area contributed by atoms with E-state index in [1.165, 1.54) is 50.9 Å². The predicted octanol–water partition coefficient (Wildman–Crippen LogP) is 2.43. The first-order valence-electron chi connectivity index (χ1n) is 7.44. The summed E-state index contributed by atoms with van der Waals surface area (Å²) in [5, 5.41) is 0. The molecule has 1 aliphatic heterocycles. The number of benzene rings is 1. The minimum Gasteiger partial charge on any atom is -0.494 e. The van der Waals surface area contributed by atoms with Crippen LogP contribution in [0.2, 0.25) is 0 Å². The molecule has 0 aromatic heterocycles. The third-order valence-electron chi connectivity index (χ3n) is 3.70. The molecule has 1 saturated heterocycles. The molecule has 0 aliphatic carbocycles. The quantitative estimate of drug-likeness (QED) is 0.763. The first kappa shape index (κ1) is 13.4. The van der Waals surface area contributed by atoms with Crippen molar-refractivity contribution in [2.24, 2.45) is 0 Å². The molecule has 1 heterocycles. The molecule has 0 bridgehead atoms. The van der Waals surface area contributed by atoms with Gasteiger partial charge in [-0.1, -0.05) is 13.3 Å². The molecule has 100 valence electrons. The van der Waals surface area contributed by atoms with Crippen molar-refractivity contribution in [1.82, 2.24) is 0 Å². The van der Waals surface area contributed by atoms with Gasteiger partial charge in [-0.25, -0.2) is 0 Å². The van der Waals surface area contributed by atoms with Crippen molar-refractivity contribution in [3.05, 3.63) is 29.8 Å². The van der Waals surface area contributed by atoms with Crippen molar-refractivity contribution in [2.45, 2.75) is 45.6 Å². The van der Waals surface area contributed by atoms with E-state index in [1.54, 1.807) is 4.90 Å². The number of piperidine rings is 1. The Morgan fingerprint density at radius 3 is 2.44 bits per heavy atom. The Hall–Kier alpha value is -1.02. The molecule has 1 aromatic carbocycles. The third-order valence-corrected chi connectivity index (χ3v) is 3.70. The van der Waals surface area contributed by atoms with Crippen molar-refractivity contribution >= 4 is 0 Å². The lowest BCUT2D eigenvalue weighted by molar-refractivity contribution is -0.918. The normalized spacial score (nSPS) is 16.7. The molecule has 1 fully saturated rings. The van der Waals surface area contributed by atoms with Gasteiger partial charge < -0.3 is 9.64 Å². The van der Waals surface area contributed by atoms with Crippen LogP contribution < -0.4 is 9.64 Å². The molecule has 2 nitrogen and oxygen atoms in total. The van der Waals surface area contributed by atoms with Gasteiger partial charge in [0.05, 0.1) is 19.7 Å². The molecular formula is C16H26NO+. The smallest absolute Gasteiger partial charge is 0.119 e.